The minimum atomic E-state index is -0.0441. The molecule has 0 radical (unpaired) electrons. The van der Waals surface area contributed by atoms with Gasteiger partial charge in [0.2, 0.25) is 5.91 Å². The Hall–Kier alpha value is -2.12. The quantitative estimate of drug-likeness (QED) is 0.672. The number of aromatic nitrogens is 2. The number of hydrogen-bond donors (Lipinski definition) is 1. The molecule has 2 heterocycles. The summed E-state index contributed by atoms with van der Waals surface area (Å²) in [5, 5.41) is 7.43. The Labute approximate surface area is 154 Å². The van der Waals surface area contributed by atoms with Crippen molar-refractivity contribution >= 4 is 34.1 Å². The summed E-state index contributed by atoms with van der Waals surface area (Å²) in [4.78, 5) is 17.5. The Morgan fingerprint density at radius 1 is 1.28 bits per heavy atom. The Morgan fingerprint density at radius 3 is 2.80 bits per heavy atom. The van der Waals surface area contributed by atoms with Crippen LogP contribution in [0.15, 0.2) is 41.1 Å². The van der Waals surface area contributed by atoms with Crippen molar-refractivity contribution in [2.75, 3.05) is 11.1 Å². The number of carbonyl (C=O) groups is 1. The first-order chi connectivity index (χ1) is 12.1. The molecule has 0 fully saturated rings. The molecule has 25 heavy (non-hydrogen) atoms. The Kier molecular flexibility index (Phi) is 5.88. The normalized spacial score (nSPS) is 10.8. The number of amides is 1. The first kappa shape index (κ1) is 17.7. The number of nitrogens with zero attached hydrogens (tertiary/aromatic N) is 2. The van der Waals surface area contributed by atoms with Gasteiger partial charge in [0.1, 0.15) is 5.76 Å². The molecule has 0 atom stereocenters. The molecule has 1 amide bonds. The summed E-state index contributed by atoms with van der Waals surface area (Å²) in [5.41, 5.74) is 3.19. The van der Waals surface area contributed by atoms with Gasteiger partial charge in [-0.05, 0) is 19.4 Å². The second-order valence-electron chi connectivity index (χ2n) is 5.64. The van der Waals surface area contributed by atoms with Crippen molar-refractivity contribution in [3.05, 3.63) is 64.0 Å². The summed E-state index contributed by atoms with van der Waals surface area (Å²) in [6.45, 7) is 3.80. The van der Waals surface area contributed by atoms with E-state index < -0.39 is 0 Å². The number of carbonyl (C=O) groups excluding carboxylic acids is 1. The van der Waals surface area contributed by atoms with Gasteiger partial charge in [-0.1, -0.05) is 35.5 Å². The van der Waals surface area contributed by atoms with Gasteiger partial charge in [-0.2, -0.15) is 0 Å². The lowest BCUT2D eigenvalue weighted by atomic mass is 10.1. The first-order valence-corrected chi connectivity index (χ1v) is 9.87. The molecular formula is C18H19N3O2S2. The Morgan fingerprint density at radius 2 is 2.08 bits per heavy atom. The van der Waals surface area contributed by atoms with Crippen LogP contribution in [0, 0.1) is 13.8 Å². The van der Waals surface area contributed by atoms with Crippen LogP contribution in [0.25, 0.3) is 0 Å². The van der Waals surface area contributed by atoms with Crippen molar-refractivity contribution in [1.82, 2.24) is 10.1 Å². The molecule has 0 aliphatic carbocycles. The lowest BCUT2D eigenvalue weighted by Crippen LogP contribution is -2.13. The molecule has 0 spiro atoms. The van der Waals surface area contributed by atoms with E-state index in [0.29, 0.717) is 16.6 Å². The van der Waals surface area contributed by atoms with E-state index in [-0.39, 0.29) is 5.91 Å². The maximum Gasteiger partial charge on any atom is 0.236 e. The second kappa shape index (κ2) is 8.31. The molecule has 0 aliphatic rings. The molecule has 0 saturated heterocycles. The van der Waals surface area contributed by atoms with Gasteiger partial charge in [0.25, 0.3) is 0 Å². The SMILES string of the molecule is Cc1noc(C)c1CSCC(=O)Nc1ncc(Cc2ccccc2)s1. The third kappa shape index (κ3) is 4.93. The van der Waals surface area contributed by atoms with Crippen molar-refractivity contribution < 1.29 is 9.32 Å². The Bertz CT molecular complexity index is 824. The zero-order chi connectivity index (χ0) is 17.6. The highest BCUT2D eigenvalue weighted by Crippen LogP contribution is 2.22. The molecule has 130 valence electrons. The predicted molar refractivity (Wildman–Crippen MR) is 102 cm³/mol. The van der Waals surface area contributed by atoms with Crippen LogP contribution in [-0.4, -0.2) is 21.8 Å². The molecule has 7 heteroatoms. The lowest BCUT2D eigenvalue weighted by molar-refractivity contribution is -0.113. The largest absolute Gasteiger partial charge is 0.361 e. The van der Waals surface area contributed by atoms with Crippen molar-refractivity contribution in [3.8, 4) is 0 Å². The third-order valence-electron chi connectivity index (χ3n) is 3.68. The minimum Gasteiger partial charge on any atom is -0.361 e. The van der Waals surface area contributed by atoms with E-state index in [4.69, 9.17) is 4.52 Å². The van der Waals surface area contributed by atoms with Crippen LogP contribution < -0.4 is 5.32 Å². The van der Waals surface area contributed by atoms with Gasteiger partial charge >= 0.3 is 0 Å². The first-order valence-electron chi connectivity index (χ1n) is 7.90. The molecular weight excluding hydrogens is 354 g/mol. The topological polar surface area (TPSA) is 68.0 Å². The van der Waals surface area contributed by atoms with E-state index >= 15 is 0 Å². The molecule has 3 aromatic rings. The molecule has 1 aromatic carbocycles. The number of hydrogen-bond acceptors (Lipinski definition) is 6. The molecule has 3 rings (SSSR count). The van der Waals surface area contributed by atoms with Gasteiger partial charge in [0.05, 0.1) is 11.4 Å². The summed E-state index contributed by atoms with van der Waals surface area (Å²) in [5.74, 6) is 1.86. The molecule has 2 aromatic heterocycles. The monoisotopic (exact) mass is 373 g/mol. The lowest BCUT2D eigenvalue weighted by Gasteiger charge is -2.02. The average Bonchev–Trinajstić information content (AvgIpc) is 3.16. The van der Waals surface area contributed by atoms with E-state index in [1.165, 1.54) is 16.9 Å². The highest BCUT2D eigenvalue weighted by Gasteiger charge is 2.11. The number of thiazole rings is 1. The molecule has 0 aliphatic heterocycles. The van der Waals surface area contributed by atoms with Crippen molar-refractivity contribution in [3.63, 3.8) is 0 Å². The van der Waals surface area contributed by atoms with Crippen molar-refractivity contribution in [1.29, 1.82) is 0 Å². The van der Waals surface area contributed by atoms with Gasteiger partial charge in [-0.3, -0.25) is 4.79 Å². The van der Waals surface area contributed by atoms with Gasteiger partial charge in [0, 0.05) is 28.8 Å². The van der Waals surface area contributed by atoms with E-state index in [2.05, 4.69) is 27.6 Å². The zero-order valence-electron chi connectivity index (χ0n) is 14.1. The molecule has 0 bridgehead atoms. The molecule has 0 saturated carbocycles. The molecule has 1 N–H and O–H groups in total. The maximum atomic E-state index is 12.1. The van der Waals surface area contributed by atoms with E-state index in [1.54, 1.807) is 11.8 Å². The standard InChI is InChI=1S/C18H19N3O2S2/c1-12-16(13(2)23-21-12)10-24-11-17(22)20-18-19-9-15(25-18)8-14-6-4-3-5-7-14/h3-7,9H,8,10-11H2,1-2H3,(H,19,20,22). The fraction of sp³-hybridized carbons (Fsp3) is 0.278. The smallest absolute Gasteiger partial charge is 0.236 e. The van der Waals surface area contributed by atoms with Crippen LogP contribution in [0.3, 0.4) is 0 Å². The molecule has 5 nitrogen and oxygen atoms in total. The van der Waals surface area contributed by atoms with Crippen LogP contribution in [0.1, 0.15) is 27.5 Å². The number of aryl methyl sites for hydroxylation is 2. The minimum absolute atomic E-state index is 0.0441. The van der Waals surface area contributed by atoms with Gasteiger partial charge in [-0.25, -0.2) is 4.98 Å². The summed E-state index contributed by atoms with van der Waals surface area (Å²) in [7, 11) is 0. The number of rotatable bonds is 7. The van der Waals surface area contributed by atoms with Gasteiger partial charge in [0.15, 0.2) is 5.13 Å². The van der Waals surface area contributed by atoms with Crippen LogP contribution in [0.5, 0.6) is 0 Å². The summed E-state index contributed by atoms with van der Waals surface area (Å²) in [6.07, 6.45) is 2.65. The van der Waals surface area contributed by atoms with Crippen LogP contribution >= 0.6 is 23.1 Å². The predicted octanol–water partition coefficient (Wildman–Crippen LogP) is 4.21. The van der Waals surface area contributed by atoms with Gasteiger partial charge < -0.3 is 9.84 Å². The fourth-order valence-electron chi connectivity index (χ4n) is 2.35. The van der Waals surface area contributed by atoms with Crippen LogP contribution in [0.2, 0.25) is 0 Å². The van der Waals surface area contributed by atoms with E-state index in [0.717, 1.165) is 28.3 Å². The highest BCUT2D eigenvalue weighted by molar-refractivity contribution is 7.99. The number of nitrogens with one attached hydrogen (secondary N) is 1. The average molecular weight is 374 g/mol. The van der Waals surface area contributed by atoms with Gasteiger partial charge in [-0.15, -0.1) is 23.1 Å². The highest BCUT2D eigenvalue weighted by atomic mass is 32.2. The summed E-state index contributed by atoms with van der Waals surface area (Å²) >= 11 is 3.06. The number of benzene rings is 1. The second-order valence-corrected chi connectivity index (χ2v) is 7.74. The summed E-state index contributed by atoms with van der Waals surface area (Å²) < 4.78 is 5.13. The maximum absolute atomic E-state index is 12.1. The summed E-state index contributed by atoms with van der Waals surface area (Å²) in [6, 6.07) is 10.2. The number of thioether (sulfide) groups is 1. The fourth-order valence-corrected chi connectivity index (χ4v) is 4.19. The van der Waals surface area contributed by atoms with Crippen molar-refractivity contribution in [2.45, 2.75) is 26.0 Å². The number of anilines is 1. The third-order valence-corrected chi connectivity index (χ3v) is 5.55. The zero-order valence-corrected chi connectivity index (χ0v) is 15.7. The van der Waals surface area contributed by atoms with E-state index in [1.807, 2.05) is 38.2 Å². The van der Waals surface area contributed by atoms with Crippen LogP contribution in [-0.2, 0) is 17.0 Å². The van der Waals surface area contributed by atoms with Crippen molar-refractivity contribution in [2.24, 2.45) is 0 Å². The van der Waals surface area contributed by atoms with Crippen LogP contribution in [0.4, 0.5) is 5.13 Å². The van der Waals surface area contributed by atoms with E-state index in [9.17, 15) is 4.79 Å². The molecule has 0 unspecified atom stereocenters. The Balaban J connectivity index is 1.47.